The average molecular weight is 264 g/mol. The van der Waals surface area contributed by atoms with E-state index in [0.29, 0.717) is 13.0 Å². The lowest BCUT2D eigenvalue weighted by Crippen LogP contribution is -2.03. The van der Waals surface area contributed by atoms with Gasteiger partial charge in [-0.15, -0.1) is 0 Å². The van der Waals surface area contributed by atoms with Crippen LogP contribution in [0.5, 0.6) is 0 Å². The van der Waals surface area contributed by atoms with E-state index in [1.54, 1.807) is 0 Å². The monoisotopic (exact) mass is 264 g/mol. The van der Waals surface area contributed by atoms with E-state index in [1.807, 2.05) is 0 Å². The summed E-state index contributed by atoms with van der Waals surface area (Å²) in [6, 6.07) is 0. The molecule has 0 aromatic carbocycles. The molecule has 0 amide bonds. The molecule has 4 nitrogen and oxygen atoms in total. The molecular weight excluding hydrogens is 240 g/mol. The first-order valence-electron chi connectivity index (χ1n) is 6.34. The lowest BCUT2D eigenvalue weighted by Gasteiger charge is -2.02. The van der Waals surface area contributed by atoms with Gasteiger partial charge in [0.15, 0.2) is 0 Å². The van der Waals surface area contributed by atoms with Crippen LogP contribution in [-0.2, 0) is 19.1 Å². The van der Waals surface area contributed by atoms with Crippen LogP contribution >= 0.6 is 0 Å². The van der Waals surface area contributed by atoms with Gasteiger partial charge in [0.25, 0.3) is 10.1 Å². The zero-order chi connectivity index (χ0) is 13.0. The maximum atomic E-state index is 10.6. The van der Waals surface area contributed by atoms with E-state index >= 15 is 0 Å². The lowest BCUT2D eigenvalue weighted by molar-refractivity contribution is -0.107. The first-order valence-corrected chi connectivity index (χ1v) is 8.16. The summed E-state index contributed by atoms with van der Waals surface area (Å²) in [5.41, 5.74) is 0. The summed E-state index contributed by atoms with van der Waals surface area (Å²) in [5.74, 6) is 0. The molecular formula is C12H24O4S. The molecule has 0 aliphatic carbocycles. The van der Waals surface area contributed by atoms with Crippen molar-refractivity contribution in [3.8, 4) is 0 Å². The number of rotatable bonds is 12. The predicted molar refractivity (Wildman–Crippen MR) is 68.4 cm³/mol. The van der Waals surface area contributed by atoms with Crippen LogP contribution in [0.15, 0.2) is 0 Å². The lowest BCUT2D eigenvalue weighted by atomic mass is 10.1. The minimum Gasteiger partial charge on any atom is -0.303 e. The largest absolute Gasteiger partial charge is 0.303 e. The Morgan fingerprint density at radius 3 is 1.82 bits per heavy atom. The van der Waals surface area contributed by atoms with Crippen LogP contribution in [0.4, 0.5) is 0 Å². The van der Waals surface area contributed by atoms with Gasteiger partial charge in [0.2, 0.25) is 0 Å². The van der Waals surface area contributed by atoms with Crippen molar-refractivity contribution in [2.45, 2.75) is 57.8 Å². The summed E-state index contributed by atoms with van der Waals surface area (Å²) in [5, 5.41) is 0. The zero-order valence-electron chi connectivity index (χ0n) is 10.7. The molecule has 0 aliphatic heterocycles. The molecule has 0 heterocycles. The molecule has 0 unspecified atom stereocenters. The van der Waals surface area contributed by atoms with Gasteiger partial charge < -0.3 is 4.79 Å². The van der Waals surface area contributed by atoms with E-state index in [2.05, 4.69) is 4.18 Å². The van der Waals surface area contributed by atoms with Crippen molar-refractivity contribution in [1.29, 1.82) is 0 Å². The van der Waals surface area contributed by atoms with Gasteiger partial charge in [-0.1, -0.05) is 38.5 Å². The molecule has 5 heteroatoms. The Morgan fingerprint density at radius 1 is 0.882 bits per heavy atom. The predicted octanol–water partition coefficient (Wildman–Crippen LogP) is 2.67. The van der Waals surface area contributed by atoms with Crippen LogP contribution < -0.4 is 0 Å². The highest BCUT2D eigenvalue weighted by atomic mass is 32.2. The fourth-order valence-corrected chi connectivity index (χ4v) is 2.02. The summed E-state index contributed by atoms with van der Waals surface area (Å²) >= 11 is 0. The van der Waals surface area contributed by atoms with Gasteiger partial charge in [0.05, 0.1) is 12.9 Å². The van der Waals surface area contributed by atoms with Crippen molar-refractivity contribution in [3.05, 3.63) is 0 Å². The third-order valence-corrected chi connectivity index (χ3v) is 3.11. The Bertz CT molecular complexity index is 272. The SMILES string of the molecule is CS(=O)(=O)OCCCCCCCCCCC=O. The normalized spacial score (nSPS) is 11.6. The molecule has 0 fully saturated rings. The van der Waals surface area contributed by atoms with E-state index < -0.39 is 10.1 Å². The number of hydrogen-bond donors (Lipinski definition) is 0. The number of unbranched alkanes of at least 4 members (excludes halogenated alkanes) is 8. The second-order valence-corrected chi connectivity index (χ2v) is 5.95. The Hall–Kier alpha value is -0.420. The minimum absolute atomic E-state index is 0.304. The second-order valence-electron chi connectivity index (χ2n) is 4.31. The first kappa shape index (κ1) is 16.6. The highest BCUT2D eigenvalue weighted by molar-refractivity contribution is 7.85. The molecule has 102 valence electrons. The Morgan fingerprint density at radius 2 is 1.35 bits per heavy atom. The number of carbonyl (C=O) groups excluding carboxylic acids is 1. The highest BCUT2D eigenvalue weighted by Gasteiger charge is 2.00. The van der Waals surface area contributed by atoms with Crippen molar-refractivity contribution in [3.63, 3.8) is 0 Å². The topological polar surface area (TPSA) is 60.4 Å². The fraction of sp³-hybridized carbons (Fsp3) is 0.917. The summed E-state index contributed by atoms with van der Waals surface area (Å²) in [4.78, 5) is 10.1. The number of aldehydes is 1. The van der Waals surface area contributed by atoms with Crippen molar-refractivity contribution >= 4 is 16.4 Å². The van der Waals surface area contributed by atoms with E-state index in [-0.39, 0.29) is 0 Å². The Kier molecular flexibility index (Phi) is 10.5. The third-order valence-electron chi connectivity index (χ3n) is 2.51. The summed E-state index contributed by atoms with van der Waals surface area (Å²) in [7, 11) is -3.26. The molecule has 0 rings (SSSR count). The van der Waals surface area contributed by atoms with E-state index in [1.165, 1.54) is 19.3 Å². The molecule has 0 atom stereocenters. The van der Waals surface area contributed by atoms with Crippen molar-refractivity contribution < 1.29 is 17.4 Å². The average Bonchev–Trinajstić information content (AvgIpc) is 2.24. The number of carbonyl (C=O) groups is 1. The van der Waals surface area contributed by atoms with Gasteiger partial charge in [0, 0.05) is 6.42 Å². The molecule has 0 aromatic heterocycles. The quantitative estimate of drug-likeness (QED) is 0.309. The highest BCUT2D eigenvalue weighted by Crippen LogP contribution is 2.09. The smallest absolute Gasteiger partial charge is 0.264 e. The molecule has 0 aromatic rings. The van der Waals surface area contributed by atoms with Gasteiger partial charge >= 0.3 is 0 Å². The van der Waals surface area contributed by atoms with E-state index in [0.717, 1.165) is 44.6 Å². The van der Waals surface area contributed by atoms with Crippen molar-refractivity contribution in [2.75, 3.05) is 12.9 Å². The molecule has 0 saturated heterocycles. The molecule has 0 saturated carbocycles. The maximum Gasteiger partial charge on any atom is 0.264 e. The van der Waals surface area contributed by atoms with Crippen LogP contribution in [0, 0.1) is 0 Å². The van der Waals surface area contributed by atoms with Crippen LogP contribution in [0.1, 0.15) is 57.8 Å². The van der Waals surface area contributed by atoms with Crippen LogP contribution in [0.25, 0.3) is 0 Å². The summed E-state index contributed by atoms with van der Waals surface area (Å²) in [6.07, 6.45) is 11.4. The van der Waals surface area contributed by atoms with Gasteiger partial charge in [-0.2, -0.15) is 8.42 Å². The van der Waals surface area contributed by atoms with Crippen molar-refractivity contribution in [2.24, 2.45) is 0 Å². The third kappa shape index (κ3) is 15.6. The molecule has 0 spiro atoms. The molecule has 17 heavy (non-hydrogen) atoms. The van der Waals surface area contributed by atoms with Gasteiger partial charge in [-0.3, -0.25) is 4.18 Å². The van der Waals surface area contributed by atoms with Crippen LogP contribution in [0.2, 0.25) is 0 Å². The Labute approximate surface area is 105 Å². The van der Waals surface area contributed by atoms with Crippen LogP contribution in [0.3, 0.4) is 0 Å². The molecule has 0 radical (unpaired) electrons. The zero-order valence-corrected chi connectivity index (χ0v) is 11.5. The Balaban J connectivity index is 3.06. The standard InChI is InChI=1S/C12H24O4S/c1-17(14,15)16-12-10-8-6-4-2-3-5-7-9-11-13/h11H,2-10,12H2,1H3. The first-order chi connectivity index (χ1) is 8.06. The molecule has 0 bridgehead atoms. The molecule has 0 aliphatic rings. The summed E-state index contributed by atoms with van der Waals surface area (Å²) in [6.45, 7) is 0.304. The van der Waals surface area contributed by atoms with Gasteiger partial charge in [0.1, 0.15) is 6.29 Å². The minimum atomic E-state index is -3.26. The molecule has 0 N–H and O–H groups in total. The fourth-order valence-electron chi connectivity index (χ4n) is 1.60. The van der Waals surface area contributed by atoms with E-state index in [4.69, 9.17) is 0 Å². The van der Waals surface area contributed by atoms with Gasteiger partial charge in [-0.25, -0.2) is 0 Å². The summed E-state index contributed by atoms with van der Waals surface area (Å²) < 4.78 is 25.9. The number of hydrogen-bond acceptors (Lipinski definition) is 4. The van der Waals surface area contributed by atoms with E-state index in [9.17, 15) is 13.2 Å². The van der Waals surface area contributed by atoms with Crippen LogP contribution in [-0.4, -0.2) is 27.6 Å². The second kappa shape index (κ2) is 10.7. The maximum absolute atomic E-state index is 10.6. The van der Waals surface area contributed by atoms with Gasteiger partial charge in [-0.05, 0) is 12.8 Å². The van der Waals surface area contributed by atoms with Crippen molar-refractivity contribution in [1.82, 2.24) is 0 Å².